The fourth-order valence-corrected chi connectivity index (χ4v) is 2.78. The number of carbonyl (C=O) groups is 2. The van der Waals surface area contributed by atoms with E-state index < -0.39 is 0 Å². The van der Waals surface area contributed by atoms with Crippen LogP contribution in [-0.2, 0) is 19.1 Å². The van der Waals surface area contributed by atoms with Gasteiger partial charge in [0.1, 0.15) is 0 Å². The van der Waals surface area contributed by atoms with Gasteiger partial charge in [0.05, 0.1) is 31.2 Å². The van der Waals surface area contributed by atoms with Crippen molar-refractivity contribution in [2.75, 3.05) is 32.9 Å². The van der Waals surface area contributed by atoms with Crippen molar-refractivity contribution in [3.05, 3.63) is 0 Å². The highest BCUT2D eigenvalue weighted by atomic mass is 16.5. The fourth-order valence-electron chi connectivity index (χ4n) is 2.78. The topological polar surface area (TPSA) is 55.8 Å². The van der Waals surface area contributed by atoms with Gasteiger partial charge in [-0.3, -0.25) is 9.59 Å². The molecule has 0 aliphatic carbocycles. The van der Waals surface area contributed by atoms with Crippen molar-refractivity contribution < 1.29 is 19.1 Å². The van der Waals surface area contributed by atoms with Crippen LogP contribution < -0.4 is 0 Å². The van der Waals surface area contributed by atoms with E-state index in [9.17, 15) is 9.59 Å². The first-order valence-corrected chi connectivity index (χ1v) is 7.16. The van der Waals surface area contributed by atoms with Gasteiger partial charge in [0.15, 0.2) is 0 Å². The van der Waals surface area contributed by atoms with Crippen molar-refractivity contribution in [1.82, 2.24) is 4.90 Å². The number of nitrogens with zero attached hydrogens (tertiary/aromatic N) is 1. The molecule has 0 bridgehead atoms. The molecule has 5 nitrogen and oxygen atoms in total. The zero-order valence-corrected chi connectivity index (χ0v) is 11.8. The summed E-state index contributed by atoms with van der Waals surface area (Å²) in [5, 5.41) is 0. The van der Waals surface area contributed by atoms with Crippen LogP contribution in [0.2, 0.25) is 0 Å². The number of rotatable bonds is 4. The molecule has 2 saturated heterocycles. The Morgan fingerprint density at radius 3 is 2.63 bits per heavy atom. The van der Waals surface area contributed by atoms with Crippen LogP contribution in [0.5, 0.6) is 0 Å². The molecule has 0 N–H and O–H groups in total. The molecule has 2 heterocycles. The Balaban J connectivity index is 1.97. The monoisotopic (exact) mass is 269 g/mol. The molecule has 108 valence electrons. The van der Waals surface area contributed by atoms with Crippen LogP contribution in [0.3, 0.4) is 0 Å². The second-order valence-electron chi connectivity index (χ2n) is 5.47. The maximum Gasteiger partial charge on any atom is 0.310 e. The van der Waals surface area contributed by atoms with Gasteiger partial charge in [-0.15, -0.1) is 0 Å². The van der Waals surface area contributed by atoms with Gasteiger partial charge in [-0.2, -0.15) is 0 Å². The first-order chi connectivity index (χ1) is 9.13. The lowest BCUT2D eigenvalue weighted by molar-refractivity contribution is -0.176. The van der Waals surface area contributed by atoms with E-state index in [-0.39, 0.29) is 23.2 Å². The quantitative estimate of drug-likeness (QED) is 0.720. The Hall–Kier alpha value is -1.10. The molecule has 2 rings (SSSR count). The lowest BCUT2D eigenvalue weighted by Crippen LogP contribution is -2.57. The van der Waals surface area contributed by atoms with Crippen LogP contribution >= 0.6 is 0 Å². The van der Waals surface area contributed by atoms with Gasteiger partial charge in [-0.1, -0.05) is 6.92 Å². The van der Waals surface area contributed by atoms with Gasteiger partial charge in [0.2, 0.25) is 5.91 Å². The standard InChI is InChI=1S/C14H23NO4/c1-3-14(9-18-10-14)13(17)15-7-5-6-11(8-15)12(16)19-4-2/h11H,3-10H2,1-2H3. The summed E-state index contributed by atoms with van der Waals surface area (Å²) in [5.74, 6) is -0.182. The summed E-state index contributed by atoms with van der Waals surface area (Å²) in [6, 6.07) is 0. The molecule has 1 atom stereocenters. The average Bonchev–Trinajstić information content (AvgIpc) is 2.38. The van der Waals surface area contributed by atoms with E-state index in [0.29, 0.717) is 26.4 Å². The fraction of sp³-hybridized carbons (Fsp3) is 0.857. The largest absolute Gasteiger partial charge is 0.466 e. The van der Waals surface area contributed by atoms with Crippen LogP contribution in [0, 0.1) is 11.3 Å². The third-order valence-electron chi connectivity index (χ3n) is 4.22. The minimum absolute atomic E-state index is 0.148. The van der Waals surface area contributed by atoms with E-state index >= 15 is 0 Å². The first kappa shape index (κ1) is 14.3. The molecule has 2 aliphatic heterocycles. The second-order valence-corrected chi connectivity index (χ2v) is 5.47. The zero-order valence-electron chi connectivity index (χ0n) is 11.8. The molecule has 0 aromatic carbocycles. The van der Waals surface area contributed by atoms with Crippen LogP contribution in [0.4, 0.5) is 0 Å². The van der Waals surface area contributed by atoms with E-state index in [1.54, 1.807) is 6.92 Å². The number of ether oxygens (including phenoxy) is 2. The summed E-state index contributed by atoms with van der Waals surface area (Å²) in [5.41, 5.74) is -0.337. The molecule has 1 unspecified atom stereocenters. The normalized spacial score (nSPS) is 25.6. The van der Waals surface area contributed by atoms with Crippen LogP contribution in [-0.4, -0.2) is 49.7 Å². The number of piperidine rings is 1. The van der Waals surface area contributed by atoms with Crippen LogP contribution in [0.25, 0.3) is 0 Å². The predicted octanol–water partition coefficient (Wildman–Crippen LogP) is 1.21. The Labute approximate surface area is 114 Å². The summed E-state index contributed by atoms with van der Waals surface area (Å²) in [7, 11) is 0. The van der Waals surface area contributed by atoms with Gasteiger partial charge in [0.25, 0.3) is 0 Å². The molecule has 1 amide bonds. The number of amides is 1. The maximum atomic E-state index is 12.6. The summed E-state index contributed by atoms with van der Waals surface area (Å²) >= 11 is 0. The summed E-state index contributed by atoms with van der Waals surface area (Å²) in [6.45, 7) is 6.51. The van der Waals surface area contributed by atoms with Gasteiger partial charge >= 0.3 is 5.97 Å². The second kappa shape index (κ2) is 5.90. The van der Waals surface area contributed by atoms with E-state index in [0.717, 1.165) is 25.8 Å². The highest BCUT2D eigenvalue weighted by Gasteiger charge is 2.47. The van der Waals surface area contributed by atoms with Crippen LogP contribution in [0.15, 0.2) is 0 Å². The molecule has 2 aliphatic rings. The third-order valence-corrected chi connectivity index (χ3v) is 4.22. The summed E-state index contributed by atoms with van der Waals surface area (Å²) < 4.78 is 10.3. The van der Waals surface area contributed by atoms with Crippen molar-refractivity contribution in [1.29, 1.82) is 0 Å². The SMILES string of the molecule is CCOC(=O)C1CCCN(C(=O)C2(CC)COC2)C1. The lowest BCUT2D eigenvalue weighted by Gasteiger charge is -2.44. The molecular weight excluding hydrogens is 246 g/mol. The molecule has 5 heteroatoms. The molecule has 19 heavy (non-hydrogen) atoms. The number of hydrogen-bond donors (Lipinski definition) is 0. The smallest absolute Gasteiger partial charge is 0.310 e. The van der Waals surface area contributed by atoms with Gasteiger partial charge in [-0.25, -0.2) is 0 Å². The average molecular weight is 269 g/mol. The molecule has 0 aromatic rings. The van der Waals surface area contributed by atoms with Gasteiger partial charge < -0.3 is 14.4 Å². The Morgan fingerprint density at radius 1 is 1.37 bits per heavy atom. The van der Waals surface area contributed by atoms with Crippen molar-refractivity contribution >= 4 is 11.9 Å². The molecular formula is C14H23NO4. The Morgan fingerprint density at radius 2 is 2.11 bits per heavy atom. The highest BCUT2D eigenvalue weighted by molar-refractivity contribution is 5.84. The zero-order chi connectivity index (χ0) is 13.9. The summed E-state index contributed by atoms with van der Waals surface area (Å²) in [4.78, 5) is 26.2. The van der Waals surface area contributed by atoms with Crippen molar-refractivity contribution in [2.24, 2.45) is 11.3 Å². The highest BCUT2D eigenvalue weighted by Crippen LogP contribution is 2.34. The Bertz CT molecular complexity index is 346. The molecule has 0 radical (unpaired) electrons. The van der Waals surface area contributed by atoms with Crippen molar-refractivity contribution in [3.8, 4) is 0 Å². The third kappa shape index (κ3) is 2.76. The minimum atomic E-state index is -0.337. The number of likely N-dealkylation sites (tertiary alicyclic amines) is 1. The minimum Gasteiger partial charge on any atom is -0.466 e. The van der Waals surface area contributed by atoms with Crippen molar-refractivity contribution in [3.63, 3.8) is 0 Å². The Kier molecular flexibility index (Phi) is 4.45. The van der Waals surface area contributed by atoms with Gasteiger partial charge in [0, 0.05) is 13.1 Å². The first-order valence-electron chi connectivity index (χ1n) is 7.16. The van der Waals surface area contributed by atoms with Crippen molar-refractivity contribution in [2.45, 2.75) is 33.1 Å². The maximum absolute atomic E-state index is 12.6. The molecule has 0 spiro atoms. The molecule has 2 fully saturated rings. The molecule has 0 saturated carbocycles. The number of hydrogen-bond acceptors (Lipinski definition) is 4. The predicted molar refractivity (Wildman–Crippen MR) is 69.5 cm³/mol. The van der Waals surface area contributed by atoms with Crippen LogP contribution in [0.1, 0.15) is 33.1 Å². The lowest BCUT2D eigenvalue weighted by atomic mass is 9.80. The number of carbonyl (C=O) groups excluding carboxylic acids is 2. The molecule has 0 aromatic heterocycles. The number of esters is 1. The van der Waals surface area contributed by atoms with E-state index in [2.05, 4.69) is 0 Å². The van der Waals surface area contributed by atoms with E-state index in [1.165, 1.54) is 0 Å². The van der Waals surface area contributed by atoms with E-state index in [4.69, 9.17) is 9.47 Å². The van der Waals surface area contributed by atoms with E-state index in [1.807, 2.05) is 11.8 Å². The summed E-state index contributed by atoms with van der Waals surface area (Å²) in [6.07, 6.45) is 2.49. The van der Waals surface area contributed by atoms with Gasteiger partial charge in [-0.05, 0) is 26.2 Å².